The number of carbonyl (C=O) groups is 1. The minimum absolute atomic E-state index is 0.0514. The Morgan fingerprint density at radius 2 is 2.09 bits per heavy atom. The van der Waals surface area contributed by atoms with E-state index in [2.05, 4.69) is 26.6 Å². The number of alkyl carbamates (subject to hydrolysis) is 1. The molecule has 1 unspecified atom stereocenters. The molecule has 0 aromatic heterocycles. The first-order valence-electron chi connectivity index (χ1n) is 7.35. The molecule has 2 N–H and O–H groups in total. The third-order valence-electron chi connectivity index (χ3n) is 2.98. The highest BCUT2D eigenvalue weighted by Crippen LogP contribution is 2.15. The van der Waals surface area contributed by atoms with Gasteiger partial charge in [0, 0.05) is 29.2 Å². The Balaban J connectivity index is 2.43. The molecule has 1 atom stereocenters. The largest absolute Gasteiger partial charge is 0.444 e. The summed E-state index contributed by atoms with van der Waals surface area (Å²) in [5, 5.41) is 5.96. The second kappa shape index (κ2) is 8.48. The number of nitrogens with one attached hydrogen (secondary N) is 2. The van der Waals surface area contributed by atoms with Gasteiger partial charge in [-0.15, -0.1) is 0 Å². The van der Waals surface area contributed by atoms with Crippen molar-refractivity contribution in [3.63, 3.8) is 0 Å². The predicted octanol–water partition coefficient (Wildman–Crippen LogP) is 3.98. The summed E-state index contributed by atoms with van der Waals surface area (Å²) in [5.74, 6) is -0.253. The van der Waals surface area contributed by atoms with Crippen molar-refractivity contribution in [3.05, 3.63) is 34.1 Å². The Kier molecular flexibility index (Phi) is 7.29. The van der Waals surface area contributed by atoms with Gasteiger partial charge in [0.2, 0.25) is 0 Å². The number of hydrogen-bond acceptors (Lipinski definition) is 3. The maximum absolute atomic E-state index is 13.7. The molecule has 0 aliphatic heterocycles. The zero-order valence-corrected chi connectivity index (χ0v) is 15.1. The Labute approximate surface area is 139 Å². The molecule has 1 rings (SSSR count). The fourth-order valence-electron chi connectivity index (χ4n) is 1.80. The van der Waals surface area contributed by atoms with Crippen LogP contribution in [0, 0.1) is 5.82 Å². The molecule has 0 bridgehead atoms. The Morgan fingerprint density at radius 3 is 2.64 bits per heavy atom. The highest BCUT2D eigenvalue weighted by Gasteiger charge is 2.17. The van der Waals surface area contributed by atoms with Crippen LogP contribution in [0.15, 0.2) is 22.7 Å². The molecule has 0 spiro atoms. The number of hydrogen-bond donors (Lipinski definition) is 2. The van der Waals surface area contributed by atoms with Crippen LogP contribution < -0.4 is 10.6 Å². The topological polar surface area (TPSA) is 50.4 Å². The molecule has 0 radical (unpaired) electrons. The summed E-state index contributed by atoms with van der Waals surface area (Å²) in [6, 6.07) is 5.03. The molecule has 1 aromatic rings. The lowest BCUT2D eigenvalue weighted by molar-refractivity contribution is 0.0522. The Bertz CT molecular complexity index is 503. The van der Waals surface area contributed by atoms with Crippen LogP contribution in [-0.4, -0.2) is 24.3 Å². The summed E-state index contributed by atoms with van der Waals surface area (Å²) >= 11 is 3.23. The second-order valence-corrected chi connectivity index (χ2v) is 7.02. The summed E-state index contributed by atoms with van der Waals surface area (Å²) < 4.78 is 19.6. The van der Waals surface area contributed by atoms with Crippen LogP contribution in [-0.2, 0) is 11.3 Å². The normalized spacial score (nSPS) is 12.8. The van der Waals surface area contributed by atoms with Gasteiger partial charge < -0.3 is 15.4 Å². The van der Waals surface area contributed by atoms with Gasteiger partial charge in [0.15, 0.2) is 0 Å². The number of amides is 1. The first-order valence-corrected chi connectivity index (χ1v) is 8.14. The van der Waals surface area contributed by atoms with Crippen LogP contribution in [0.4, 0.5) is 9.18 Å². The first kappa shape index (κ1) is 18.9. The average Bonchev–Trinajstić information content (AvgIpc) is 2.38. The van der Waals surface area contributed by atoms with Gasteiger partial charge in [-0.25, -0.2) is 9.18 Å². The van der Waals surface area contributed by atoms with Crippen LogP contribution in [0.25, 0.3) is 0 Å². The average molecular weight is 375 g/mol. The van der Waals surface area contributed by atoms with Crippen LogP contribution in [0.5, 0.6) is 0 Å². The van der Waals surface area contributed by atoms with Gasteiger partial charge in [0.25, 0.3) is 0 Å². The van der Waals surface area contributed by atoms with Crippen LogP contribution in [0.1, 0.15) is 39.7 Å². The molecule has 0 heterocycles. The molecule has 0 saturated heterocycles. The Hall–Kier alpha value is -1.14. The van der Waals surface area contributed by atoms with Crippen LogP contribution >= 0.6 is 15.9 Å². The van der Waals surface area contributed by atoms with E-state index in [1.807, 2.05) is 27.7 Å². The molecule has 1 amide bonds. The molecule has 0 aliphatic rings. The van der Waals surface area contributed by atoms with Crippen LogP contribution in [0.3, 0.4) is 0 Å². The van der Waals surface area contributed by atoms with E-state index < -0.39 is 11.7 Å². The van der Waals surface area contributed by atoms with Gasteiger partial charge in [-0.2, -0.15) is 0 Å². The number of ether oxygens (including phenoxy) is 1. The van der Waals surface area contributed by atoms with E-state index in [-0.39, 0.29) is 11.9 Å². The van der Waals surface area contributed by atoms with Gasteiger partial charge in [-0.05, 0) is 39.3 Å². The number of halogens is 2. The predicted molar refractivity (Wildman–Crippen MR) is 89.3 cm³/mol. The second-order valence-electron chi connectivity index (χ2n) is 6.10. The van der Waals surface area contributed by atoms with E-state index in [0.717, 1.165) is 6.42 Å². The highest BCUT2D eigenvalue weighted by molar-refractivity contribution is 9.10. The zero-order valence-electron chi connectivity index (χ0n) is 13.5. The van der Waals surface area contributed by atoms with E-state index in [9.17, 15) is 9.18 Å². The van der Waals surface area contributed by atoms with Crippen molar-refractivity contribution in [2.75, 3.05) is 6.54 Å². The summed E-state index contributed by atoms with van der Waals surface area (Å²) in [6.07, 6.45) is 0.371. The third kappa shape index (κ3) is 7.22. The standard InChI is InChI=1S/C16H24BrFN2O2/c1-5-13(10-20-15(21)22-16(2,3)4)19-9-11-6-7-12(17)8-14(11)18/h6-8,13,19H,5,9-10H2,1-4H3,(H,20,21). The summed E-state index contributed by atoms with van der Waals surface area (Å²) in [6.45, 7) is 8.30. The molecule has 0 fully saturated rings. The number of carbonyl (C=O) groups excluding carboxylic acids is 1. The van der Waals surface area contributed by atoms with Crippen molar-refractivity contribution in [1.29, 1.82) is 0 Å². The van der Waals surface area contributed by atoms with E-state index in [1.165, 1.54) is 6.07 Å². The minimum atomic E-state index is -0.514. The Morgan fingerprint density at radius 1 is 1.41 bits per heavy atom. The fourth-order valence-corrected chi connectivity index (χ4v) is 2.13. The monoisotopic (exact) mass is 374 g/mol. The molecule has 0 saturated carbocycles. The minimum Gasteiger partial charge on any atom is -0.444 e. The fraction of sp³-hybridized carbons (Fsp3) is 0.562. The summed E-state index contributed by atoms with van der Waals surface area (Å²) in [4.78, 5) is 11.6. The number of rotatable bonds is 6. The van der Waals surface area contributed by atoms with Crippen molar-refractivity contribution in [2.45, 2.75) is 52.3 Å². The zero-order chi connectivity index (χ0) is 16.8. The van der Waals surface area contributed by atoms with Gasteiger partial charge in [0.05, 0.1) is 0 Å². The lowest BCUT2D eigenvalue weighted by atomic mass is 10.1. The van der Waals surface area contributed by atoms with E-state index in [0.29, 0.717) is 23.1 Å². The van der Waals surface area contributed by atoms with Crippen molar-refractivity contribution in [1.82, 2.24) is 10.6 Å². The summed E-state index contributed by atoms with van der Waals surface area (Å²) in [5.41, 5.74) is 0.0821. The maximum atomic E-state index is 13.7. The van der Waals surface area contributed by atoms with Gasteiger partial charge in [0.1, 0.15) is 11.4 Å². The molecule has 6 heteroatoms. The van der Waals surface area contributed by atoms with Gasteiger partial charge in [-0.3, -0.25) is 0 Å². The number of benzene rings is 1. The SMILES string of the molecule is CCC(CNC(=O)OC(C)(C)C)NCc1ccc(Br)cc1F. The van der Waals surface area contributed by atoms with E-state index in [4.69, 9.17) is 4.74 Å². The lowest BCUT2D eigenvalue weighted by Crippen LogP contribution is -2.42. The summed E-state index contributed by atoms with van der Waals surface area (Å²) in [7, 11) is 0. The molecular weight excluding hydrogens is 351 g/mol. The molecule has 0 aliphatic carbocycles. The molecule has 124 valence electrons. The van der Waals surface area contributed by atoms with E-state index in [1.54, 1.807) is 12.1 Å². The van der Waals surface area contributed by atoms with Gasteiger partial charge >= 0.3 is 6.09 Å². The van der Waals surface area contributed by atoms with Crippen LogP contribution in [0.2, 0.25) is 0 Å². The molecule has 1 aromatic carbocycles. The van der Waals surface area contributed by atoms with Crippen molar-refractivity contribution in [3.8, 4) is 0 Å². The smallest absolute Gasteiger partial charge is 0.407 e. The molecule has 4 nitrogen and oxygen atoms in total. The molecule has 22 heavy (non-hydrogen) atoms. The molecular formula is C16H24BrFN2O2. The van der Waals surface area contributed by atoms with Crippen molar-refractivity contribution in [2.24, 2.45) is 0 Å². The van der Waals surface area contributed by atoms with Crippen molar-refractivity contribution >= 4 is 22.0 Å². The third-order valence-corrected chi connectivity index (χ3v) is 3.47. The maximum Gasteiger partial charge on any atom is 0.407 e. The van der Waals surface area contributed by atoms with E-state index >= 15 is 0 Å². The van der Waals surface area contributed by atoms with Gasteiger partial charge in [-0.1, -0.05) is 28.9 Å². The quantitative estimate of drug-likeness (QED) is 0.791. The van der Waals surface area contributed by atoms with Crippen molar-refractivity contribution < 1.29 is 13.9 Å². The first-order chi connectivity index (χ1) is 10.2. The highest BCUT2D eigenvalue weighted by atomic mass is 79.9. The lowest BCUT2D eigenvalue weighted by Gasteiger charge is -2.22.